The van der Waals surface area contributed by atoms with E-state index >= 15 is 0 Å². The monoisotopic (exact) mass is 272 g/mol. The first kappa shape index (κ1) is 12.7. The van der Waals surface area contributed by atoms with Gasteiger partial charge in [-0.3, -0.25) is 0 Å². The first-order valence-corrected chi connectivity index (χ1v) is 7.99. The predicted octanol–water partition coefficient (Wildman–Crippen LogP) is 4.80. The average Bonchev–Trinajstić information content (AvgIpc) is 3.10. The van der Waals surface area contributed by atoms with Crippen molar-refractivity contribution in [3.8, 4) is 10.6 Å². The number of aromatic nitrogens is 1. The van der Waals surface area contributed by atoms with Crippen LogP contribution < -0.4 is 5.32 Å². The zero-order chi connectivity index (χ0) is 13.1. The van der Waals surface area contributed by atoms with Gasteiger partial charge in [0.15, 0.2) is 0 Å². The fourth-order valence-corrected chi connectivity index (χ4v) is 3.53. The molecule has 1 N–H and O–H groups in total. The lowest BCUT2D eigenvalue weighted by molar-refractivity contribution is 0.525. The first-order chi connectivity index (χ1) is 9.35. The maximum atomic E-state index is 4.34. The van der Waals surface area contributed by atoms with Gasteiger partial charge in [-0.2, -0.15) is 0 Å². The van der Waals surface area contributed by atoms with Gasteiger partial charge in [0.05, 0.1) is 0 Å². The van der Waals surface area contributed by atoms with Crippen molar-refractivity contribution in [3.63, 3.8) is 0 Å². The van der Waals surface area contributed by atoms with E-state index in [0.717, 1.165) is 10.9 Å². The highest BCUT2D eigenvalue weighted by Crippen LogP contribution is 2.30. The zero-order valence-corrected chi connectivity index (χ0v) is 12.1. The number of nitrogens with one attached hydrogen (secondary N) is 1. The molecule has 1 aromatic carbocycles. The number of anilines is 1. The molecule has 0 bridgehead atoms. The van der Waals surface area contributed by atoms with E-state index < -0.39 is 0 Å². The van der Waals surface area contributed by atoms with E-state index in [1.54, 1.807) is 11.3 Å². The van der Waals surface area contributed by atoms with Crippen molar-refractivity contribution in [1.29, 1.82) is 0 Å². The molecule has 1 aliphatic rings. The van der Waals surface area contributed by atoms with Crippen LogP contribution in [0.3, 0.4) is 0 Å². The molecule has 0 aliphatic heterocycles. The van der Waals surface area contributed by atoms with Gasteiger partial charge in [-0.1, -0.05) is 13.3 Å². The number of hydrogen-bond acceptors (Lipinski definition) is 3. The second-order valence-electron chi connectivity index (χ2n) is 5.34. The number of hydrogen-bond donors (Lipinski definition) is 1. The molecule has 1 saturated carbocycles. The number of thiazole rings is 1. The van der Waals surface area contributed by atoms with E-state index in [9.17, 15) is 0 Å². The van der Waals surface area contributed by atoms with Crippen molar-refractivity contribution in [1.82, 2.24) is 4.98 Å². The highest BCUT2D eigenvalue weighted by Gasteiger charge is 2.22. The third-order valence-electron chi connectivity index (χ3n) is 4.05. The molecule has 2 aromatic rings. The number of nitrogens with zero attached hydrogens (tertiary/aromatic N) is 1. The van der Waals surface area contributed by atoms with Crippen LogP contribution in [-0.2, 0) is 0 Å². The molecule has 3 rings (SSSR count). The summed E-state index contributed by atoms with van der Waals surface area (Å²) in [5.74, 6) is 0.923. The molecule has 0 spiro atoms. The summed E-state index contributed by atoms with van der Waals surface area (Å²) in [6, 6.07) is 9.34. The van der Waals surface area contributed by atoms with E-state index in [1.165, 1.54) is 36.9 Å². The fraction of sp³-hybridized carbons (Fsp3) is 0.438. The molecule has 2 nitrogen and oxygen atoms in total. The topological polar surface area (TPSA) is 24.9 Å². The Balaban J connectivity index is 1.63. The Kier molecular flexibility index (Phi) is 3.83. The smallest absolute Gasteiger partial charge is 0.123 e. The van der Waals surface area contributed by atoms with E-state index in [0.29, 0.717) is 6.04 Å². The first-order valence-electron chi connectivity index (χ1n) is 7.11. The van der Waals surface area contributed by atoms with Crippen molar-refractivity contribution in [2.24, 2.45) is 5.92 Å². The molecule has 2 unspecified atom stereocenters. The molecule has 0 radical (unpaired) electrons. The van der Waals surface area contributed by atoms with Crippen molar-refractivity contribution < 1.29 is 0 Å². The van der Waals surface area contributed by atoms with Crippen LogP contribution in [0.4, 0.5) is 5.69 Å². The zero-order valence-electron chi connectivity index (χ0n) is 11.3. The van der Waals surface area contributed by atoms with Crippen LogP contribution >= 0.6 is 11.3 Å². The van der Waals surface area contributed by atoms with Gasteiger partial charge in [-0.05, 0) is 49.4 Å². The second-order valence-corrected chi connectivity index (χ2v) is 6.24. The number of rotatable bonds is 4. The molecule has 1 aromatic heterocycles. The quantitative estimate of drug-likeness (QED) is 0.864. The van der Waals surface area contributed by atoms with Gasteiger partial charge in [0.2, 0.25) is 0 Å². The Bertz CT molecular complexity index is 504. The molecule has 3 heteroatoms. The van der Waals surface area contributed by atoms with Gasteiger partial charge >= 0.3 is 0 Å². The van der Waals surface area contributed by atoms with Crippen molar-refractivity contribution in [2.75, 3.05) is 5.32 Å². The third kappa shape index (κ3) is 2.98. The Hall–Kier alpha value is -1.35. The van der Waals surface area contributed by atoms with Gasteiger partial charge in [0.1, 0.15) is 5.01 Å². The third-order valence-corrected chi connectivity index (χ3v) is 4.88. The molecular formula is C16H20N2S. The highest BCUT2D eigenvalue weighted by atomic mass is 32.1. The molecule has 1 aliphatic carbocycles. The van der Waals surface area contributed by atoms with Gasteiger partial charge in [-0.15, -0.1) is 11.3 Å². The summed E-state index contributed by atoms with van der Waals surface area (Å²) in [6.45, 7) is 2.30. The van der Waals surface area contributed by atoms with Crippen LogP contribution in [0, 0.1) is 5.92 Å². The summed E-state index contributed by atoms with van der Waals surface area (Å²) >= 11 is 1.69. The standard InChI is InChI=1S/C16H20N2S/c1-2-12-3-6-15(11-12)18-14-7-4-13(5-8-14)16-17-9-10-19-16/h4-5,7-10,12,15,18H,2-3,6,11H2,1H3. The van der Waals surface area contributed by atoms with Gasteiger partial charge in [0, 0.05) is 28.9 Å². The fourth-order valence-electron chi connectivity index (χ4n) is 2.89. The van der Waals surface area contributed by atoms with Crippen molar-refractivity contribution >= 4 is 17.0 Å². The summed E-state index contributed by atoms with van der Waals surface area (Å²) in [5, 5.41) is 6.78. The summed E-state index contributed by atoms with van der Waals surface area (Å²) in [4.78, 5) is 4.34. The van der Waals surface area contributed by atoms with Crippen molar-refractivity contribution in [3.05, 3.63) is 35.8 Å². The summed E-state index contributed by atoms with van der Waals surface area (Å²) in [6.07, 6.45) is 7.19. The SMILES string of the molecule is CCC1CCC(Nc2ccc(-c3nccs3)cc2)C1. The maximum absolute atomic E-state index is 4.34. The predicted molar refractivity (Wildman–Crippen MR) is 82.6 cm³/mol. The Labute approximate surface area is 118 Å². The van der Waals surface area contributed by atoms with Gasteiger partial charge in [0.25, 0.3) is 0 Å². The number of benzene rings is 1. The molecule has 2 atom stereocenters. The van der Waals surface area contributed by atoms with Gasteiger partial charge < -0.3 is 5.32 Å². The molecule has 1 fully saturated rings. The van der Waals surface area contributed by atoms with E-state index in [1.807, 2.05) is 11.6 Å². The largest absolute Gasteiger partial charge is 0.382 e. The van der Waals surface area contributed by atoms with E-state index in [4.69, 9.17) is 0 Å². The normalized spacial score (nSPS) is 22.6. The summed E-state index contributed by atoms with van der Waals surface area (Å²) in [5.41, 5.74) is 2.44. The lowest BCUT2D eigenvalue weighted by Gasteiger charge is -2.14. The van der Waals surface area contributed by atoms with Crippen LogP contribution in [0.2, 0.25) is 0 Å². The van der Waals surface area contributed by atoms with Crippen LogP contribution in [0.5, 0.6) is 0 Å². The maximum Gasteiger partial charge on any atom is 0.123 e. The van der Waals surface area contributed by atoms with Crippen LogP contribution in [0.1, 0.15) is 32.6 Å². The van der Waals surface area contributed by atoms with E-state index in [-0.39, 0.29) is 0 Å². The lowest BCUT2D eigenvalue weighted by atomic mass is 10.1. The van der Waals surface area contributed by atoms with Crippen molar-refractivity contribution in [2.45, 2.75) is 38.6 Å². The van der Waals surface area contributed by atoms with Crippen LogP contribution in [0.15, 0.2) is 35.8 Å². The molecule has 0 amide bonds. The minimum absolute atomic E-state index is 0.663. The second kappa shape index (κ2) is 5.74. The highest BCUT2D eigenvalue weighted by molar-refractivity contribution is 7.13. The average molecular weight is 272 g/mol. The molecule has 100 valence electrons. The minimum atomic E-state index is 0.663. The summed E-state index contributed by atoms with van der Waals surface area (Å²) < 4.78 is 0. The molecular weight excluding hydrogens is 252 g/mol. The molecule has 0 saturated heterocycles. The Morgan fingerprint density at radius 2 is 2.11 bits per heavy atom. The van der Waals surface area contributed by atoms with Crippen LogP contribution in [-0.4, -0.2) is 11.0 Å². The minimum Gasteiger partial charge on any atom is -0.382 e. The molecule has 1 heterocycles. The Morgan fingerprint density at radius 1 is 1.26 bits per heavy atom. The van der Waals surface area contributed by atoms with E-state index in [2.05, 4.69) is 41.5 Å². The van der Waals surface area contributed by atoms with Crippen LogP contribution in [0.25, 0.3) is 10.6 Å². The lowest BCUT2D eigenvalue weighted by Crippen LogP contribution is -2.15. The Morgan fingerprint density at radius 3 is 2.74 bits per heavy atom. The summed E-state index contributed by atoms with van der Waals surface area (Å²) in [7, 11) is 0. The molecule has 19 heavy (non-hydrogen) atoms. The van der Waals surface area contributed by atoms with Gasteiger partial charge in [-0.25, -0.2) is 4.98 Å².